The number of carbonyl (C=O) groups excluding carboxylic acids is 2. The lowest BCUT2D eigenvalue weighted by atomic mass is 10.2. The third-order valence-electron chi connectivity index (χ3n) is 3.65. The molecule has 0 bridgehead atoms. The molecule has 1 aliphatic rings. The Bertz CT molecular complexity index is 932. The molecule has 0 fully saturated rings. The van der Waals surface area contributed by atoms with Crippen LogP contribution in [0.5, 0.6) is 17.2 Å². The largest absolute Gasteiger partial charge is 0.481 e. The van der Waals surface area contributed by atoms with Crippen molar-refractivity contribution < 1.29 is 23.8 Å². The monoisotopic (exact) mass is 379 g/mol. The fraction of sp³-hybridized carbons (Fsp3) is 0.150. The number of rotatable bonds is 7. The molecule has 0 atom stereocenters. The minimum atomic E-state index is -0.459. The highest BCUT2D eigenvalue weighted by molar-refractivity contribution is 5.97. The van der Waals surface area contributed by atoms with Crippen LogP contribution in [-0.4, -0.2) is 38.0 Å². The van der Waals surface area contributed by atoms with E-state index in [-0.39, 0.29) is 19.9 Å². The van der Waals surface area contributed by atoms with E-state index < -0.39 is 11.8 Å². The lowest BCUT2D eigenvalue weighted by Crippen LogP contribution is -2.34. The van der Waals surface area contributed by atoms with Gasteiger partial charge < -0.3 is 19.5 Å². The third-order valence-corrected chi connectivity index (χ3v) is 3.65. The number of carbonyl (C=O) groups is 2. The van der Waals surface area contributed by atoms with Crippen LogP contribution < -0.4 is 25.0 Å². The molecule has 0 aliphatic carbocycles. The summed E-state index contributed by atoms with van der Waals surface area (Å²) in [5.74, 6) is 3.24. The molecule has 1 heterocycles. The minimum Gasteiger partial charge on any atom is -0.481 e. The summed E-state index contributed by atoms with van der Waals surface area (Å²) >= 11 is 0. The van der Waals surface area contributed by atoms with E-state index in [4.69, 9.17) is 20.6 Å². The van der Waals surface area contributed by atoms with Crippen LogP contribution in [0, 0.1) is 12.3 Å². The van der Waals surface area contributed by atoms with Crippen LogP contribution in [0.4, 0.5) is 0 Å². The van der Waals surface area contributed by atoms with Crippen molar-refractivity contribution in [1.29, 1.82) is 0 Å². The summed E-state index contributed by atoms with van der Waals surface area (Å²) < 4.78 is 15.7. The summed E-state index contributed by atoms with van der Waals surface area (Å²) in [4.78, 5) is 23.9. The van der Waals surface area contributed by atoms with E-state index in [1.807, 2.05) is 0 Å². The highest BCUT2D eigenvalue weighted by atomic mass is 16.7. The molecular formula is C20H17N3O5. The van der Waals surface area contributed by atoms with Gasteiger partial charge in [0.15, 0.2) is 11.5 Å². The molecule has 0 saturated carbocycles. The molecule has 2 aromatic carbocycles. The number of amides is 2. The zero-order valence-corrected chi connectivity index (χ0v) is 14.8. The van der Waals surface area contributed by atoms with Gasteiger partial charge in [0.1, 0.15) is 12.4 Å². The predicted molar refractivity (Wildman–Crippen MR) is 101 cm³/mol. The SMILES string of the molecule is C#CCOc1ccc(/C=N/NC(=O)CNC(=O)c2ccc3c(c2)OCO3)cc1. The zero-order chi connectivity index (χ0) is 19.8. The summed E-state index contributed by atoms with van der Waals surface area (Å²) in [6.07, 6.45) is 6.60. The molecule has 0 saturated heterocycles. The summed E-state index contributed by atoms with van der Waals surface area (Å²) in [6.45, 7) is 0.104. The van der Waals surface area contributed by atoms with Gasteiger partial charge in [-0.1, -0.05) is 5.92 Å². The number of nitrogens with one attached hydrogen (secondary N) is 2. The maximum atomic E-state index is 12.1. The molecule has 2 N–H and O–H groups in total. The van der Waals surface area contributed by atoms with Gasteiger partial charge in [0.05, 0.1) is 12.8 Å². The van der Waals surface area contributed by atoms with E-state index in [0.717, 1.165) is 5.56 Å². The first-order chi connectivity index (χ1) is 13.7. The zero-order valence-electron chi connectivity index (χ0n) is 14.8. The van der Waals surface area contributed by atoms with Crippen molar-refractivity contribution >= 4 is 18.0 Å². The van der Waals surface area contributed by atoms with Crippen molar-refractivity contribution in [3.05, 3.63) is 53.6 Å². The van der Waals surface area contributed by atoms with Gasteiger partial charge in [-0.2, -0.15) is 5.10 Å². The maximum absolute atomic E-state index is 12.1. The summed E-state index contributed by atoms with van der Waals surface area (Å²) in [5.41, 5.74) is 3.47. The molecule has 2 amide bonds. The van der Waals surface area contributed by atoms with E-state index in [9.17, 15) is 9.59 Å². The first-order valence-electron chi connectivity index (χ1n) is 8.32. The first-order valence-corrected chi connectivity index (χ1v) is 8.32. The van der Waals surface area contributed by atoms with Crippen LogP contribution >= 0.6 is 0 Å². The number of hydrogen-bond acceptors (Lipinski definition) is 6. The van der Waals surface area contributed by atoms with Crippen molar-refractivity contribution in [3.8, 4) is 29.6 Å². The summed E-state index contributed by atoms with van der Waals surface area (Å²) in [5, 5.41) is 6.36. The van der Waals surface area contributed by atoms with Gasteiger partial charge in [-0.3, -0.25) is 9.59 Å². The topological polar surface area (TPSA) is 98.2 Å². The normalized spacial score (nSPS) is 11.7. The van der Waals surface area contributed by atoms with Gasteiger partial charge in [0, 0.05) is 5.56 Å². The van der Waals surface area contributed by atoms with Crippen molar-refractivity contribution in [2.75, 3.05) is 19.9 Å². The lowest BCUT2D eigenvalue weighted by molar-refractivity contribution is -0.120. The first kappa shape index (κ1) is 18.8. The second-order valence-electron chi connectivity index (χ2n) is 5.61. The molecule has 8 nitrogen and oxygen atoms in total. The average Bonchev–Trinajstić information content (AvgIpc) is 3.19. The van der Waals surface area contributed by atoms with Gasteiger partial charge in [-0.05, 0) is 48.0 Å². The van der Waals surface area contributed by atoms with Gasteiger partial charge in [0.2, 0.25) is 6.79 Å². The Labute approximate surface area is 161 Å². The molecule has 0 spiro atoms. The minimum absolute atomic E-state index is 0.126. The molecular weight excluding hydrogens is 362 g/mol. The molecule has 0 radical (unpaired) electrons. The van der Waals surface area contributed by atoms with Crippen LogP contribution in [0.2, 0.25) is 0 Å². The van der Waals surface area contributed by atoms with Crippen molar-refractivity contribution in [3.63, 3.8) is 0 Å². The lowest BCUT2D eigenvalue weighted by Gasteiger charge is -2.05. The predicted octanol–water partition coefficient (Wildman–Crippen LogP) is 1.31. The number of nitrogens with zero attached hydrogens (tertiary/aromatic N) is 1. The standard InChI is InChI=1S/C20H17N3O5/c1-2-9-26-16-6-3-14(4-7-16)11-22-23-19(24)12-21-20(25)15-5-8-17-18(10-15)28-13-27-17/h1,3-8,10-11H,9,12-13H2,(H,21,25)(H,23,24)/b22-11+. The smallest absolute Gasteiger partial charge is 0.259 e. The van der Waals surface area contributed by atoms with Gasteiger partial charge >= 0.3 is 0 Å². The third kappa shape index (κ3) is 5.02. The molecule has 28 heavy (non-hydrogen) atoms. The Morgan fingerprint density at radius 1 is 1.18 bits per heavy atom. The molecule has 0 aromatic heterocycles. The Morgan fingerprint density at radius 3 is 2.75 bits per heavy atom. The molecule has 142 valence electrons. The molecule has 1 aliphatic heterocycles. The fourth-order valence-electron chi connectivity index (χ4n) is 2.29. The van der Waals surface area contributed by atoms with E-state index >= 15 is 0 Å². The van der Waals surface area contributed by atoms with Crippen LogP contribution in [0.3, 0.4) is 0 Å². The number of hydrogen-bond donors (Lipinski definition) is 2. The van der Waals surface area contributed by atoms with Gasteiger partial charge in [0.25, 0.3) is 11.8 Å². The second kappa shape index (κ2) is 9.09. The summed E-state index contributed by atoms with van der Waals surface area (Å²) in [7, 11) is 0. The highest BCUT2D eigenvalue weighted by Crippen LogP contribution is 2.32. The quantitative estimate of drug-likeness (QED) is 0.429. The van der Waals surface area contributed by atoms with E-state index in [2.05, 4.69) is 21.8 Å². The molecule has 8 heteroatoms. The average molecular weight is 379 g/mol. The van der Waals surface area contributed by atoms with Crippen molar-refractivity contribution in [1.82, 2.24) is 10.7 Å². The summed E-state index contributed by atoms with van der Waals surface area (Å²) in [6, 6.07) is 11.8. The fourth-order valence-corrected chi connectivity index (χ4v) is 2.29. The van der Waals surface area contributed by atoms with E-state index in [1.165, 1.54) is 6.21 Å². The number of fused-ring (bicyclic) bond motifs is 1. The number of terminal acetylenes is 1. The van der Waals surface area contributed by atoms with Gasteiger partial charge in [-0.25, -0.2) is 5.43 Å². The molecule has 3 rings (SSSR count). The van der Waals surface area contributed by atoms with Gasteiger partial charge in [-0.15, -0.1) is 6.42 Å². The number of hydrazone groups is 1. The Morgan fingerprint density at radius 2 is 1.96 bits per heavy atom. The Kier molecular flexibility index (Phi) is 6.10. The van der Waals surface area contributed by atoms with E-state index in [0.29, 0.717) is 22.8 Å². The van der Waals surface area contributed by atoms with Crippen LogP contribution in [0.1, 0.15) is 15.9 Å². The van der Waals surface area contributed by atoms with Crippen molar-refractivity contribution in [2.45, 2.75) is 0 Å². The highest BCUT2D eigenvalue weighted by Gasteiger charge is 2.16. The van der Waals surface area contributed by atoms with Crippen LogP contribution in [0.25, 0.3) is 0 Å². The van der Waals surface area contributed by atoms with Crippen LogP contribution in [-0.2, 0) is 4.79 Å². The van der Waals surface area contributed by atoms with Crippen LogP contribution in [0.15, 0.2) is 47.6 Å². The number of benzene rings is 2. The molecule has 2 aromatic rings. The Hall–Kier alpha value is -3.99. The van der Waals surface area contributed by atoms with Crippen molar-refractivity contribution in [2.24, 2.45) is 5.10 Å². The second-order valence-corrected chi connectivity index (χ2v) is 5.61. The number of ether oxygens (including phenoxy) is 3. The Balaban J connectivity index is 1.43. The van der Waals surface area contributed by atoms with E-state index in [1.54, 1.807) is 42.5 Å². The maximum Gasteiger partial charge on any atom is 0.259 e. The molecule has 0 unspecified atom stereocenters.